The minimum Gasteiger partial charge on any atom is -0.299 e. The van der Waals surface area contributed by atoms with Crippen molar-refractivity contribution in [3.8, 4) is 0 Å². The molecule has 1 N–H and O–H groups in total. The van der Waals surface area contributed by atoms with E-state index >= 15 is 0 Å². The van der Waals surface area contributed by atoms with E-state index in [0.29, 0.717) is 17.2 Å². The van der Waals surface area contributed by atoms with Gasteiger partial charge in [-0.2, -0.15) is 0 Å². The van der Waals surface area contributed by atoms with Crippen molar-refractivity contribution < 1.29 is 4.79 Å². The molecule has 0 aliphatic carbocycles. The van der Waals surface area contributed by atoms with Gasteiger partial charge in [0.2, 0.25) is 5.95 Å². The standard InChI is InChI=1S/C20H23N5O/c1-15-6-5-10-24(13-15)14-16-7-4-8-17(12-16)19(26)21-20-23-22-18-9-2-3-11-25(18)20/h2-4,7-9,11-12,15H,5-6,10,13-14H2,1H3,(H,21,23,26)/t15-/m1/s1. The van der Waals surface area contributed by atoms with Crippen molar-refractivity contribution in [2.24, 2.45) is 5.92 Å². The highest BCUT2D eigenvalue weighted by molar-refractivity contribution is 6.03. The largest absolute Gasteiger partial charge is 0.299 e. The van der Waals surface area contributed by atoms with E-state index in [9.17, 15) is 4.79 Å². The summed E-state index contributed by atoms with van der Waals surface area (Å²) in [6.07, 6.45) is 4.39. The van der Waals surface area contributed by atoms with Gasteiger partial charge < -0.3 is 0 Å². The molecular weight excluding hydrogens is 326 g/mol. The van der Waals surface area contributed by atoms with Crippen LogP contribution in [0, 0.1) is 5.92 Å². The summed E-state index contributed by atoms with van der Waals surface area (Å²) in [4.78, 5) is 15.1. The number of hydrogen-bond donors (Lipinski definition) is 1. The number of aromatic nitrogens is 3. The second-order valence-electron chi connectivity index (χ2n) is 7.09. The lowest BCUT2D eigenvalue weighted by Gasteiger charge is -2.30. The molecule has 2 aromatic heterocycles. The zero-order chi connectivity index (χ0) is 17.9. The summed E-state index contributed by atoms with van der Waals surface area (Å²) in [7, 11) is 0. The second kappa shape index (κ2) is 7.25. The van der Waals surface area contributed by atoms with E-state index in [1.165, 1.54) is 12.8 Å². The van der Waals surface area contributed by atoms with Gasteiger partial charge in [-0.05, 0) is 55.1 Å². The van der Waals surface area contributed by atoms with Crippen LogP contribution in [0.25, 0.3) is 5.65 Å². The second-order valence-corrected chi connectivity index (χ2v) is 7.09. The number of hydrogen-bond acceptors (Lipinski definition) is 4. The van der Waals surface area contributed by atoms with Crippen molar-refractivity contribution in [3.05, 3.63) is 59.8 Å². The number of piperidine rings is 1. The van der Waals surface area contributed by atoms with Crippen molar-refractivity contribution >= 4 is 17.5 Å². The molecule has 3 heterocycles. The smallest absolute Gasteiger partial charge is 0.258 e. The molecule has 0 bridgehead atoms. The summed E-state index contributed by atoms with van der Waals surface area (Å²) in [6, 6.07) is 13.5. The maximum absolute atomic E-state index is 12.6. The molecule has 1 amide bonds. The van der Waals surface area contributed by atoms with Crippen LogP contribution in [-0.2, 0) is 6.54 Å². The number of benzene rings is 1. The highest BCUT2D eigenvalue weighted by Crippen LogP contribution is 2.18. The van der Waals surface area contributed by atoms with Gasteiger partial charge in [0.1, 0.15) is 0 Å². The molecule has 1 aromatic carbocycles. The first-order valence-electron chi connectivity index (χ1n) is 9.11. The highest BCUT2D eigenvalue weighted by Gasteiger charge is 2.17. The third kappa shape index (κ3) is 3.60. The molecule has 0 radical (unpaired) electrons. The molecule has 1 saturated heterocycles. The van der Waals surface area contributed by atoms with E-state index in [1.807, 2.05) is 42.6 Å². The summed E-state index contributed by atoms with van der Waals surface area (Å²) in [5.74, 6) is 1.01. The Hall–Kier alpha value is -2.73. The van der Waals surface area contributed by atoms with Gasteiger partial charge in [0.05, 0.1) is 0 Å². The van der Waals surface area contributed by atoms with Gasteiger partial charge in [0.25, 0.3) is 5.91 Å². The Morgan fingerprint density at radius 2 is 2.15 bits per heavy atom. The average Bonchev–Trinajstić information content (AvgIpc) is 3.05. The Bertz CT molecular complexity index is 919. The van der Waals surface area contributed by atoms with Crippen LogP contribution >= 0.6 is 0 Å². The minimum atomic E-state index is -0.169. The molecule has 0 spiro atoms. The number of nitrogens with one attached hydrogen (secondary N) is 1. The summed E-state index contributed by atoms with van der Waals surface area (Å²) in [5, 5.41) is 11.0. The van der Waals surface area contributed by atoms with E-state index in [1.54, 1.807) is 4.40 Å². The Morgan fingerprint density at radius 1 is 1.23 bits per heavy atom. The number of likely N-dealkylation sites (tertiary alicyclic amines) is 1. The van der Waals surface area contributed by atoms with Gasteiger partial charge in [0.15, 0.2) is 5.65 Å². The number of rotatable bonds is 4. The molecule has 1 aliphatic rings. The predicted octanol–water partition coefficient (Wildman–Crippen LogP) is 3.21. The van der Waals surface area contributed by atoms with E-state index in [-0.39, 0.29) is 5.91 Å². The van der Waals surface area contributed by atoms with E-state index in [0.717, 1.165) is 31.1 Å². The minimum absolute atomic E-state index is 0.169. The highest BCUT2D eigenvalue weighted by atomic mass is 16.1. The van der Waals surface area contributed by atoms with Crippen LogP contribution in [0.3, 0.4) is 0 Å². The van der Waals surface area contributed by atoms with Gasteiger partial charge in [-0.1, -0.05) is 25.1 Å². The van der Waals surface area contributed by atoms with E-state index in [4.69, 9.17) is 0 Å². The Labute approximate surface area is 152 Å². The lowest BCUT2D eigenvalue weighted by atomic mass is 9.99. The lowest BCUT2D eigenvalue weighted by molar-refractivity contribution is 0.102. The Balaban J connectivity index is 1.48. The van der Waals surface area contributed by atoms with Crippen LogP contribution in [0.4, 0.5) is 5.95 Å². The molecule has 4 rings (SSSR count). The number of nitrogens with zero attached hydrogens (tertiary/aromatic N) is 4. The monoisotopic (exact) mass is 349 g/mol. The van der Waals surface area contributed by atoms with Crippen molar-refractivity contribution in [2.75, 3.05) is 18.4 Å². The maximum atomic E-state index is 12.6. The summed E-state index contributed by atoms with van der Waals surface area (Å²) in [5.41, 5.74) is 2.51. The average molecular weight is 349 g/mol. The predicted molar refractivity (Wildman–Crippen MR) is 101 cm³/mol. The van der Waals surface area contributed by atoms with Crippen LogP contribution in [0.15, 0.2) is 48.7 Å². The SMILES string of the molecule is C[C@@H]1CCCN(Cc2cccc(C(=O)Nc3nnc4ccccn34)c2)C1. The van der Waals surface area contributed by atoms with Crippen molar-refractivity contribution in [3.63, 3.8) is 0 Å². The molecule has 0 unspecified atom stereocenters. The molecule has 3 aromatic rings. The van der Waals surface area contributed by atoms with Crippen LogP contribution in [0.1, 0.15) is 35.7 Å². The molecule has 26 heavy (non-hydrogen) atoms. The first-order valence-corrected chi connectivity index (χ1v) is 9.11. The fraction of sp³-hybridized carbons (Fsp3) is 0.350. The molecular formula is C20H23N5O. The van der Waals surface area contributed by atoms with Crippen LogP contribution in [0.5, 0.6) is 0 Å². The molecule has 6 heteroatoms. The van der Waals surface area contributed by atoms with E-state index < -0.39 is 0 Å². The van der Waals surface area contributed by atoms with E-state index in [2.05, 4.69) is 33.4 Å². The number of pyridine rings is 1. The molecule has 134 valence electrons. The van der Waals surface area contributed by atoms with Crippen LogP contribution in [-0.4, -0.2) is 38.5 Å². The van der Waals surface area contributed by atoms with Crippen molar-refractivity contribution in [1.29, 1.82) is 0 Å². The quantitative estimate of drug-likeness (QED) is 0.786. The third-order valence-corrected chi connectivity index (χ3v) is 4.88. The van der Waals surface area contributed by atoms with Gasteiger partial charge in [-0.25, -0.2) is 0 Å². The fourth-order valence-electron chi connectivity index (χ4n) is 3.60. The van der Waals surface area contributed by atoms with Gasteiger partial charge >= 0.3 is 0 Å². The zero-order valence-electron chi connectivity index (χ0n) is 14.9. The van der Waals surface area contributed by atoms with Crippen molar-refractivity contribution in [2.45, 2.75) is 26.3 Å². The lowest BCUT2D eigenvalue weighted by Crippen LogP contribution is -2.33. The van der Waals surface area contributed by atoms with Crippen LogP contribution in [0.2, 0.25) is 0 Å². The zero-order valence-corrected chi connectivity index (χ0v) is 14.9. The summed E-state index contributed by atoms with van der Waals surface area (Å²) in [6.45, 7) is 5.45. The Kier molecular flexibility index (Phi) is 4.67. The third-order valence-electron chi connectivity index (χ3n) is 4.88. The summed E-state index contributed by atoms with van der Waals surface area (Å²) < 4.78 is 1.76. The van der Waals surface area contributed by atoms with Crippen molar-refractivity contribution in [1.82, 2.24) is 19.5 Å². The normalized spacial score (nSPS) is 18.1. The van der Waals surface area contributed by atoms with Crippen LogP contribution < -0.4 is 5.32 Å². The first kappa shape index (κ1) is 16.7. The molecule has 1 fully saturated rings. The first-order chi connectivity index (χ1) is 12.7. The number of fused-ring (bicyclic) bond motifs is 1. The van der Waals surface area contributed by atoms with Gasteiger partial charge in [0, 0.05) is 24.8 Å². The number of carbonyl (C=O) groups is 1. The molecule has 6 nitrogen and oxygen atoms in total. The molecule has 1 atom stereocenters. The van der Waals surface area contributed by atoms with Gasteiger partial charge in [-0.3, -0.25) is 19.4 Å². The number of anilines is 1. The van der Waals surface area contributed by atoms with Gasteiger partial charge in [-0.15, -0.1) is 10.2 Å². The summed E-state index contributed by atoms with van der Waals surface area (Å²) >= 11 is 0. The Morgan fingerprint density at radius 3 is 3.04 bits per heavy atom. The maximum Gasteiger partial charge on any atom is 0.258 e. The topological polar surface area (TPSA) is 62.5 Å². The fourth-order valence-corrected chi connectivity index (χ4v) is 3.60. The number of amides is 1. The molecule has 1 aliphatic heterocycles. The molecule has 0 saturated carbocycles. The number of carbonyl (C=O) groups excluding carboxylic acids is 1.